The fourth-order valence-corrected chi connectivity index (χ4v) is 1.74. The van der Waals surface area contributed by atoms with Gasteiger partial charge in [-0.25, -0.2) is 0 Å². The minimum Gasteiger partial charge on any atom is -0.481 e. The van der Waals surface area contributed by atoms with Gasteiger partial charge in [-0.05, 0) is 18.9 Å². The van der Waals surface area contributed by atoms with Gasteiger partial charge in [0.1, 0.15) is 0 Å². The first kappa shape index (κ1) is 12.5. The van der Waals surface area contributed by atoms with Crippen LogP contribution in [0.5, 0.6) is 0 Å². The number of nitrogens with zero attached hydrogens (tertiary/aromatic N) is 3. The van der Waals surface area contributed by atoms with E-state index < -0.39 is 11.9 Å². The number of carbonyl (C=O) groups is 2. The number of hydrogen-bond donors (Lipinski definition) is 1. The van der Waals surface area contributed by atoms with E-state index in [2.05, 4.69) is 10.2 Å². The normalized spacial score (nSPS) is 16.1. The first-order chi connectivity index (χ1) is 8.59. The molecule has 2 rings (SSSR count). The summed E-state index contributed by atoms with van der Waals surface area (Å²) in [6, 6.07) is 1.77. The van der Waals surface area contributed by atoms with Crippen molar-refractivity contribution in [3.05, 3.63) is 24.0 Å². The van der Waals surface area contributed by atoms with E-state index in [-0.39, 0.29) is 18.5 Å². The third-order valence-corrected chi connectivity index (χ3v) is 2.97. The molecule has 1 aromatic rings. The van der Waals surface area contributed by atoms with Crippen LogP contribution in [0.4, 0.5) is 0 Å². The summed E-state index contributed by atoms with van der Waals surface area (Å²) in [5, 5.41) is 16.2. The maximum Gasteiger partial charge on any atom is 0.308 e. The SMILES string of the molecule is CC(CN(C(=O)c1ccnnc1)C1CC1)C(=O)O. The highest BCUT2D eigenvalue weighted by Gasteiger charge is 2.34. The average molecular weight is 249 g/mol. The lowest BCUT2D eigenvalue weighted by atomic mass is 10.1. The Labute approximate surface area is 105 Å². The highest BCUT2D eigenvalue weighted by Crippen LogP contribution is 2.28. The Morgan fingerprint density at radius 2 is 2.22 bits per heavy atom. The molecule has 6 nitrogen and oxygen atoms in total. The number of aromatic nitrogens is 2. The third-order valence-electron chi connectivity index (χ3n) is 2.97. The summed E-state index contributed by atoms with van der Waals surface area (Å²) >= 11 is 0. The van der Waals surface area contributed by atoms with Crippen molar-refractivity contribution in [2.45, 2.75) is 25.8 Å². The fraction of sp³-hybridized carbons (Fsp3) is 0.500. The van der Waals surface area contributed by atoms with Gasteiger partial charge in [0.05, 0.1) is 23.9 Å². The van der Waals surface area contributed by atoms with Gasteiger partial charge >= 0.3 is 5.97 Å². The first-order valence-corrected chi connectivity index (χ1v) is 5.90. The van der Waals surface area contributed by atoms with E-state index >= 15 is 0 Å². The lowest BCUT2D eigenvalue weighted by molar-refractivity contribution is -0.141. The van der Waals surface area contributed by atoms with Crippen LogP contribution in [0.2, 0.25) is 0 Å². The number of carboxylic acid groups (broad SMARTS) is 1. The second-order valence-corrected chi connectivity index (χ2v) is 4.56. The van der Waals surface area contributed by atoms with E-state index in [1.807, 2.05) is 0 Å². The summed E-state index contributed by atoms with van der Waals surface area (Å²) in [4.78, 5) is 24.8. The molecule has 0 spiro atoms. The van der Waals surface area contributed by atoms with Gasteiger partial charge in [-0.15, -0.1) is 0 Å². The molecule has 1 aliphatic rings. The van der Waals surface area contributed by atoms with Gasteiger partial charge in [0, 0.05) is 12.6 Å². The van der Waals surface area contributed by atoms with E-state index in [0.29, 0.717) is 5.56 Å². The van der Waals surface area contributed by atoms with E-state index in [1.165, 1.54) is 12.4 Å². The Kier molecular flexibility index (Phi) is 3.55. The van der Waals surface area contributed by atoms with Gasteiger partial charge in [0.25, 0.3) is 5.91 Å². The molecule has 1 saturated carbocycles. The maximum atomic E-state index is 12.2. The van der Waals surface area contributed by atoms with Crippen molar-refractivity contribution >= 4 is 11.9 Å². The van der Waals surface area contributed by atoms with Crippen molar-refractivity contribution in [2.75, 3.05) is 6.54 Å². The Morgan fingerprint density at radius 3 is 2.72 bits per heavy atom. The zero-order chi connectivity index (χ0) is 13.1. The molecule has 1 heterocycles. The first-order valence-electron chi connectivity index (χ1n) is 5.90. The number of amides is 1. The number of carboxylic acids is 1. The standard InChI is InChI=1S/C12H15N3O3/c1-8(12(17)18)7-15(10-2-3-10)11(16)9-4-5-13-14-6-9/h4-6,8,10H,2-3,7H2,1H3,(H,17,18). The molecule has 0 bridgehead atoms. The largest absolute Gasteiger partial charge is 0.481 e. The maximum absolute atomic E-state index is 12.2. The molecular weight excluding hydrogens is 234 g/mol. The van der Waals surface area contributed by atoms with Crippen molar-refractivity contribution in [3.8, 4) is 0 Å². The van der Waals surface area contributed by atoms with Crippen LogP contribution < -0.4 is 0 Å². The Morgan fingerprint density at radius 1 is 1.50 bits per heavy atom. The predicted octanol–water partition coefficient (Wildman–Crippen LogP) is 0.802. The highest BCUT2D eigenvalue weighted by molar-refractivity contribution is 5.94. The number of hydrogen-bond acceptors (Lipinski definition) is 4. The summed E-state index contributed by atoms with van der Waals surface area (Å²) in [6.07, 6.45) is 4.75. The molecule has 1 amide bonds. The quantitative estimate of drug-likeness (QED) is 0.834. The van der Waals surface area contributed by atoms with Crippen molar-refractivity contribution < 1.29 is 14.7 Å². The van der Waals surface area contributed by atoms with Crippen molar-refractivity contribution in [1.82, 2.24) is 15.1 Å². The predicted molar refractivity (Wildman–Crippen MR) is 62.9 cm³/mol. The molecule has 1 atom stereocenters. The van der Waals surface area contributed by atoms with Gasteiger partial charge in [-0.3, -0.25) is 9.59 Å². The molecule has 1 aromatic heterocycles. The van der Waals surface area contributed by atoms with E-state index in [4.69, 9.17) is 5.11 Å². The van der Waals surface area contributed by atoms with Crippen LogP contribution in [-0.2, 0) is 4.79 Å². The Hall–Kier alpha value is -1.98. The molecule has 96 valence electrons. The zero-order valence-corrected chi connectivity index (χ0v) is 10.1. The molecule has 1 fully saturated rings. The van der Waals surface area contributed by atoms with Crippen LogP contribution in [0.3, 0.4) is 0 Å². The van der Waals surface area contributed by atoms with Gasteiger partial charge in [0.15, 0.2) is 0 Å². The summed E-state index contributed by atoms with van der Waals surface area (Å²) in [5.74, 6) is -1.62. The van der Waals surface area contributed by atoms with Gasteiger partial charge in [0.2, 0.25) is 0 Å². The molecule has 1 unspecified atom stereocenters. The smallest absolute Gasteiger partial charge is 0.308 e. The van der Waals surface area contributed by atoms with Crippen molar-refractivity contribution in [3.63, 3.8) is 0 Å². The van der Waals surface area contributed by atoms with E-state index in [0.717, 1.165) is 12.8 Å². The van der Waals surface area contributed by atoms with Crippen molar-refractivity contribution in [1.29, 1.82) is 0 Å². The average Bonchev–Trinajstić information content (AvgIpc) is 3.20. The monoisotopic (exact) mass is 249 g/mol. The summed E-state index contributed by atoms with van der Waals surface area (Å²) in [7, 11) is 0. The van der Waals surface area contributed by atoms with Crippen LogP contribution >= 0.6 is 0 Å². The van der Waals surface area contributed by atoms with Gasteiger partial charge in [-0.2, -0.15) is 10.2 Å². The van der Waals surface area contributed by atoms with Crippen LogP contribution in [0.1, 0.15) is 30.1 Å². The van der Waals surface area contributed by atoms with Gasteiger partial charge in [-0.1, -0.05) is 6.92 Å². The summed E-state index contributed by atoms with van der Waals surface area (Å²) in [6.45, 7) is 1.84. The number of carbonyl (C=O) groups excluding carboxylic acids is 1. The van der Waals surface area contributed by atoms with E-state index in [1.54, 1.807) is 17.9 Å². The summed E-state index contributed by atoms with van der Waals surface area (Å²) in [5.41, 5.74) is 0.453. The van der Waals surface area contributed by atoms with Crippen LogP contribution in [0.25, 0.3) is 0 Å². The van der Waals surface area contributed by atoms with Crippen molar-refractivity contribution in [2.24, 2.45) is 5.92 Å². The molecule has 0 aromatic carbocycles. The zero-order valence-electron chi connectivity index (χ0n) is 10.1. The number of aliphatic carboxylic acids is 1. The molecule has 6 heteroatoms. The molecule has 1 N–H and O–H groups in total. The highest BCUT2D eigenvalue weighted by atomic mass is 16.4. The lowest BCUT2D eigenvalue weighted by Gasteiger charge is -2.24. The minimum atomic E-state index is -0.888. The molecule has 18 heavy (non-hydrogen) atoms. The van der Waals surface area contributed by atoms with Crippen LogP contribution in [0, 0.1) is 5.92 Å². The van der Waals surface area contributed by atoms with Crippen LogP contribution in [0.15, 0.2) is 18.5 Å². The Bertz CT molecular complexity index is 445. The Balaban J connectivity index is 2.11. The summed E-state index contributed by atoms with van der Waals surface area (Å²) < 4.78 is 0. The fourth-order valence-electron chi connectivity index (χ4n) is 1.74. The second kappa shape index (κ2) is 5.12. The third kappa shape index (κ3) is 2.82. The molecule has 0 radical (unpaired) electrons. The molecular formula is C12H15N3O3. The lowest BCUT2D eigenvalue weighted by Crippen LogP contribution is -2.38. The molecule has 1 aliphatic carbocycles. The second-order valence-electron chi connectivity index (χ2n) is 4.56. The molecule has 0 aliphatic heterocycles. The topological polar surface area (TPSA) is 83.4 Å². The number of rotatable bonds is 5. The van der Waals surface area contributed by atoms with E-state index in [9.17, 15) is 9.59 Å². The van der Waals surface area contributed by atoms with Crippen LogP contribution in [-0.4, -0.2) is 44.7 Å². The minimum absolute atomic E-state index is 0.166. The molecule has 0 saturated heterocycles. The van der Waals surface area contributed by atoms with Gasteiger partial charge < -0.3 is 10.0 Å².